The number of carbonyl (C=O) groups excluding carboxylic acids is 1. The Morgan fingerprint density at radius 1 is 1.45 bits per heavy atom. The molecule has 3 rings (SSSR count). The van der Waals surface area contributed by atoms with Crippen LogP contribution in [0.15, 0.2) is 34.9 Å². The van der Waals surface area contributed by atoms with E-state index < -0.39 is 5.60 Å². The first-order valence-corrected chi connectivity index (χ1v) is 6.97. The highest BCUT2D eigenvalue weighted by Gasteiger charge is 2.47. The first-order valence-electron chi connectivity index (χ1n) is 6.17. The molecule has 1 aromatic carbocycles. The number of aliphatic hydroxyl groups is 1. The van der Waals surface area contributed by atoms with Crippen LogP contribution in [0.3, 0.4) is 0 Å². The number of nitrogens with zero attached hydrogens (tertiary/aromatic N) is 4. The lowest BCUT2D eigenvalue weighted by Gasteiger charge is -2.17. The molecule has 2 aromatic rings. The van der Waals surface area contributed by atoms with Gasteiger partial charge in [0.05, 0.1) is 11.9 Å². The maximum absolute atomic E-state index is 12.0. The van der Waals surface area contributed by atoms with Crippen LogP contribution in [0.25, 0.3) is 5.69 Å². The molecule has 0 saturated carbocycles. The van der Waals surface area contributed by atoms with Crippen LogP contribution in [0.4, 0.5) is 0 Å². The number of halogens is 1. The molecule has 1 atom stereocenters. The molecular weight excluding hydrogens is 324 g/mol. The second-order valence-electron chi connectivity index (χ2n) is 4.87. The zero-order valence-corrected chi connectivity index (χ0v) is 12.4. The first-order chi connectivity index (χ1) is 9.50. The minimum absolute atomic E-state index is 0.284. The van der Waals surface area contributed by atoms with Crippen LogP contribution in [-0.4, -0.2) is 44.5 Å². The lowest BCUT2D eigenvalue weighted by molar-refractivity contribution is -0.143. The van der Waals surface area contributed by atoms with E-state index in [1.165, 1.54) is 4.90 Å². The number of aromatic nitrogens is 3. The Hall–Kier alpha value is -1.73. The Kier molecular flexibility index (Phi) is 3.10. The van der Waals surface area contributed by atoms with Gasteiger partial charge in [-0.05, 0) is 18.2 Å². The summed E-state index contributed by atoms with van der Waals surface area (Å²) in [6.07, 6.45) is 1.93. The summed E-state index contributed by atoms with van der Waals surface area (Å²) < 4.78 is 2.46. The molecule has 104 valence electrons. The van der Waals surface area contributed by atoms with Crippen molar-refractivity contribution in [3.63, 3.8) is 0 Å². The number of hydrogen-bond donors (Lipinski definition) is 1. The van der Waals surface area contributed by atoms with Crippen LogP contribution in [-0.2, 0) is 10.4 Å². The molecule has 7 heteroatoms. The number of benzene rings is 1. The topological polar surface area (TPSA) is 71.2 Å². The maximum Gasteiger partial charge on any atom is 0.260 e. The van der Waals surface area contributed by atoms with Gasteiger partial charge in [0.2, 0.25) is 0 Å². The van der Waals surface area contributed by atoms with Gasteiger partial charge in [-0.25, -0.2) is 4.68 Å². The molecule has 0 bridgehead atoms. The summed E-state index contributed by atoms with van der Waals surface area (Å²) in [6.45, 7) is 0.513. The van der Waals surface area contributed by atoms with Gasteiger partial charge < -0.3 is 10.0 Å². The summed E-state index contributed by atoms with van der Waals surface area (Å²) in [5, 5.41) is 18.5. The molecule has 1 aromatic heterocycles. The number of likely N-dealkylation sites (tertiary alicyclic amines) is 1. The van der Waals surface area contributed by atoms with E-state index in [-0.39, 0.29) is 11.6 Å². The van der Waals surface area contributed by atoms with Crippen molar-refractivity contribution in [2.75, 3.05) is 13.6 Å². The van der Waals surface area contributed by atoms with Crippen molar-refractivity contribution in [2.45, 2.75) is 12.0 Å². The first kappa shape index (κ1) is 13.3. The molecular formula is C13H13BrN4O2. The van der Waals surface area contributed by atoms with Gasteiger partial charge in [-0.1, -0.05) is 27.2 Å². The molecule has 1 N–H and O–H groups in total. The molecule has 1 amide bonds. The lowest BCUT2D eigenvalue weighted by atomic mass is 9.99. The van der Waals surface area contributed by atoms with E-state index in [0.717, 1.165) is 10.2 Å². The van der Waals surface area contributed by atoms with Gasteiger partial charge in [-0.15, -0.1) is 5.10 Å². The third-order valence-corrected chi connectivity index (χ3v) is 3.99. The van der Waals surface area contributed by atoms with Crippen LogP contribution in [0, 0.1) is 0 Å². The van der Waals surface area contributed by atoms with Gasteiger partial charge in [0.25, 0.3) is 5.91 Å². The van der Waals surface area contributed by atoms with Gasteiger partial charge >= 0.3 is 0 Å². The third kappa shape index (κ3) is 2.03. The second kappa shape index (κ2) is 4.68. The molecule has 1 fully saturated rings. The van der Waals surface area contributed by atoms with Crippen molar-refractivity contribution in [2.24, 2.45) is 0 Å². The van der Waals surface area contributed by atoms with Crippen LogP contribution in [0.1, 0.15) is 12.1 Å². The summed E-state index contributed by atoms with van der Waals surface area (Å²) in [5.74, 6) is -0.334. The quantitative estimate of drug-likeness (QED) is 0.890. The third-order valence-electron chi connectivity index (χ3n) is 3.50. The number of rotatable bonds is 2. The van der Waals surface area contributed by atoms with E-state index in [1.807, 2.05) is 24.3 Å². The molecule has 2 heterocycles. The molecule has 20 heavy (non-hydrogen) atoms. The molecule has 0 unspecified atom stereocenters. The molecule has 1 saturated heterocycles. The summed E-state index contributed by atoms with van der Waals surface area (Å²) in [5.41, 5.74) is -0.466. The Balaban J connectivity index is 1.97. The summed E-state index contributed by atoms with van der Waals surface area (Å²) in [7, 11) is 1.67. The summed E-state index contributed by atoms with van der Waals surface area (Å²) >= 11 is 3.39. The Bertz CT molecular complexity index is 672. The fraction of sp³-hybridized carbons (Fsp3) is 0.308. The molecule has 1 aliphatic heterocycles. The molecule has 6 nitrogen and oxygen atoms in total. The SMILES string of the molecule is CN1CC[C@](O)(c2cn(-c3cccc(Br)c3)nn2)C1=O. The van der Waals surface area contributed by atoms with E-state index in [0.29, 0.717) is 13.0 Å². The van der Waals surface area contributed by atoms with Gasteiger partial charge in [0.1, 0.15) is 5.69 Å². The van der Waals surface area contributed by atoms with Crippen molar-refractivity contribution in [3.8, 4) is 5.69 Å². The average molecular weight is 337 g/mol. The maximum atomic E-state index is 12.0. The average Bonchev–Trinajstić information content (AvgIpc) is 3.02. The highest BCUT2D eigenvalue weighted by molar-refractivity contribution is 9.10. The Labute approximate surface area is 124 Å². The molecule has 1 aliphatic rings. The van der Waals surface area contributed by atoms with E-state index >= 15 is 0 Å². The standard InChI is InChI=1S/C13H13BrN4O2/c1-17-6-5-13(20,12(17)19)11-8-18(16-15-11)10-4-2-3-9(14)7-10/h2-4,7-8,20H,5-6H2,1H3/t13-/m0/s1. The Morgan fingerprint density at radius 3 is 2.90 bits per heavy atom. The van der Waals surface area contributed by atoms with Gasteiger partial charge in [0.15, 0.2) is 5.60 Å². The van der Waals surface area contributed by atoms with Crippen molar-refractivity contribution in [1.82, 2.24) is 19.9 Å². The number of hydrogen-bond acceptors (Lipinski definition) is 4. The van der Waals surface area contributed by atoms with Crippen molar-refractivity contribution in [3.05, 3.63) is 40.6 Å². The summed E-state index contributed by atoms with van der Waals surface area (Å²) in [4.78, 5) is 13.5. The van der Waals surface area contributed by atoms with E-state index in [2.05, 4.69) is 26.2 Å². The number of likely N-dealkylation sites (N-methyl/N-ethyl adjacent to an activating group) is 1. The highest BCUT2D eigenvalue weighted by Crippen LogP contribution is 2.31. The zero-order valence-electron chi connectivity index (χ0n) is 10.8. The minimum atomic E-state index is -1.56. The second-order valence-corrected chi connectivity index (χ2v) is 5.78. The fourth-order valence-electron chi connectivity index (χ4n) is 2.29. The predicted octanol–water partition coefficient (Wildman–Crippen LogP) is 1.08. The van der Waals surface area contributed by atoms with Crippen molar-refractivity contribution < 1.29 is 9.90 Å². The van der Waals surface area contributed by atoms with Crippen LogP contribution in [0.2, 0.25) is 0 Å². The predicted molar refractivity (Wildman–Crippen MR) is 75.2 cm³/mol. The summed E-state index contributed by atoms with van der Waals surface area (Å²) in [6, 6.07) is 7.54. The smallest absolute Gasteiger partial charge is 0.260 e. The molecule has 0 spiro atoms. The Morgan fingerprint density at radius 2 is 2.25 bits per heavy atom. The van der Waals surface area contributed by atoms with E-state index in [1.54, 1.807) is 17.9 Å². The van der Waals surface area contributed by atoms with Gasteiger partial charge in [0, 0.05) is 24.5 Å². The van der Waals surface area contributed by atoms with Crippen LogP contribution in [0.5, 0.6) is 0 Å². The monoisotopic (exact) mass is 336 g/mol. The number of carbonyl (C=O) groups is 1. The zero-order chi connectivity index (χ0) is 14.3. The highest BCUT2D eigenvalue weighted by atomic mass is 79.9. The normalized spacial score (nSPS) is 22.6. The van der Waals surface area contributed by atoms with Gasteiger partial charge in [-0.2, -0.15) is 0 Å². The van der Waals surface area contributed by atoms with Gasteiger partial charge in [-0.3, -0.25) is 4.79 Å². The minimum Gasteiger partial charge on any atom is -0.374 e. The number of amides is 1. The van der Waals surface area contributed by atoms with Crippen LogP contribution < -0.4 is 0 Å². The van der Waals surface area contributed by atoms with Crippen molar-refractivity contribution in [1.29, 1.82) is 0 Å². The van der Waals surface area contributed by atoms with Crippen molar-refractivity contribution >= 4 is 21.8 Å². The molecule has 0 aliphatic carbocycles. The largest absolute Gasteiger partial charge is 0.374 e. The van der Waals surface area contributed by atoms with E-state index in [9.17, 15) is 9.90 Å². The fourth-order valence-corrected chi connectivity index (χ4v) is 2.68. The van der Waals surface area contributed by atoms with E-state index in [4.69, 9.17) is 0 Å². The molecule has 0 radical (unpaired) electrons. The van der Waals surface area contributed by atoms with Crippen LogP contribution >= 0.6 is 15.9 Å². The lowest BCUT2D eigenvalue weighted by Crippen LogP contribution is -2.36.